The molecule has 0 heterocycles. The molecular weight excluding hydrogens is 275 g/mol. The highest BCUT2D eigenvalue weighted by Crippen LogP contribution is 2.21. The predicted molar refractivity (Wildman–Crippen MR) is 79.8 cm³/mol. The van der Waals surface area contributed by atoms with Crippen LogP contribution in [0, 0.1) is 11.7 Å². The Bertz CT molecular complexity index is 635. The second kappa shape index (κ2) is 6.19. The zero-order chi connectivity index (χ0) is 14.7. The number of hydrogen-bond acceptors (Lipinski definition) is 1. The summed E-state index contributed by atoms with van der Waals surface area (Å²) in [5.41, 5.74) is 1.58. The van der Waals surface area contributed by atoms with Crippen molar-refractivity contribution < 1.29 is 9.18 Å². The summed E-state index contributed by atoms with van der Waals surface area (Å²) in [4.78, 5) is 12.4. The van der Waals surface area contributed by atoms with Crippen LogP contribution in [-0.2, 0) is 6.42 Å². The van der Waals surface area contributed by atoms with Gasteiger partial charge in [-0.05, 0) is 36.1 Å². The lowest BCUT2D eigenvalue weighted by atomic mass is 9.97. The molecule has 0 spiro atoms. The van der Waals surface area contributed by atoms with Gasteiger partial charge in [0.1, 0.15) is 0 Å². The van der Waals surface area contributed by atoms with E-state index in [1.54, 1.807) is 12.1 Å². The third-order valence-corrected chi connectivity index (χ3v) is 3.32. The highest BCUT2D eigenvalue weighted by atomic mass is 35.5. The second-order valence-corrected chi connectivity index (χ2v) is 5.64. The van der Waals surface area contributed by atoms with Gasteiger partial charge >= 0.3 is 0 Å². The van der Waals surface area contributed by atoms with E-state index in [0.29, 0.717) is 11.5 Å². The number of halogens is 2. The predicted octanol–water partition coefficient (Wildman–Crippen LogP) is 4.91. The standard InChI is InChI=1S/C17H16ClFO/c1-11(2)9-12-5-3-6-13(10-12)17(20)14-7-4-8-15(18)16(14)19/h3-8,10-11H,9H2,1-2H3. The number of carbonyl (C=O) groups is 1. The normalized spacial score (nSPS) is 10.8. The molecule has 0 bridgehead atoms. The molecule has 0 amide bonds. The van der Waals surface area contributed by atoms with E-state index in [9.17, 15) is 9.18 Å². The van der Waals surface area contributed by atoms with E-state index < -0.39 is 5.82 Å². The minimum Gasteiger partial charge on any atom is -0.288 e. The Hall–Kier alpha value is -1.67. The van der Waals surface area contributed by atoms with Gasteiger partial charge in [0.15, 0.2) is 11.6 Å². The lowest BCUT2D eigenvalue weighted by molar-refractivity contribution is 0.103. The maximum Gasteiger partial charge on any atom is 0.196 e. The topological polar surface area (TPSA) is 17.1 Å². The number of hydrogen-bond donors (Lipinski definition) is 0. The number of benzene rings is 2. The third kappa shape index (κ3) is 3.26. The molecule has 3 heteroatoms. The molecule has 0 aliphatic rings. The zero-order valence-electron chi connectivity index (χ0n) is 11.5. The van der Waals surface area contributed by atoms with Crippen LogP contribution in [0.25, 0.3) is 0 Å². The Balaban J connectivity index is 2.36. The Kier molecular flexibility index (Phi) is 4.56. The molecule has 0 saturated carbocycles. The Morgan fingerprint density at radius 2 is 1.90 bits per heavy atom. The fraction of sp³-hybridized carbons (Fsp3) is 0.235. The van der Waals surface area contributed by atoms with Gasteiger partial charge < -0.3 is 0 Å². The summed E-state index contributed by atoms with van der Waals surface area (Å²) < 4.78 is 13.9. The molecule has 2 rings (SSSR count). The van der Waals surface area contributed by atoms with Crippen molar-refractivity contribution >= 4 is 17.4 Å². The van der Waals surface area contributed by atoms with E-state index in [4.69, 9.17) is 11.6 Å². The molecule has 0 radical (unpaired) electrons. The van der Waals surface area contributed by atoms with Crippen molar-refractivity contribution in [3.05, 3.63) is 70.0 Å². The maximum absolute atomic E-state index is 13.9. The molecule has 0 N–H and O–H groups in total. The van der Waals surface area contributed by atoms with Crippen molar-refractivity contribution in [2.24, 2.45) is 5.92 Å². The summed E-state index contributed by atoms with van der Waals surface area (Å²) >= 11 is 5.72. The first-order chi connectivity index (χ1) is 9.49. The van der Waals surface area contributed by atoms with Crippen LogP contribution in [0.1, 0.15) is 35.3 Å². The summed E-state index contributed by atoms with van der Waals surface area (Å²) in [6, 6.07) is 11.8. The van der Waals surface area contributed by atoms with Gasteiger partial charge in [0.2, 0.25) is 0 Å². The highest BCUT2D eigenvalue weighted by molar-refractivity contribution is 6.31. The quantitative estimate of drug-likeness (QED) is 0.731. The average Bonchev–Trinajstić information content (AvgIpc) is 2.41. The number of ketones is 1. The van der Waals surface area contributed by atoms with E-state index in [2.05, 4.69) is 13.8 Å². The lowest BCUT2D eigenvalue weighted by Crippen LogP contribution is -2.05. The smallest absolute Gasteiger partial charge is 0.196 e. The van der Waals surface area contributed by atoms with Gasteiger partial charge in [0, 0.05) is 5.56 Å². The van der Waals surface area contributed by atoms with Crippen LogP contribution in [0.4, 0.5) is 4.39 Å². The largest absolute Gasteiger partial charge is 0.288 e. The van der Waals surface area contributed by atoms with Crippen LogP contribution < -0.4 is 0 Å². The average molecular weight is 291 g/mol. The first kappa shape index (κ1) is 14.7. The van der Waals surface area contributed by atoms with Crippen LogP contribution in [0.15, 0.2) is 42.5 Å². The van der Waals surface area contributed by atoms with Gasteiger partial charge in [-0.2, -0.15) is 0 Å². The van der Waals surface area contributed by atoms with Crippen LogP contribution in [-0.4, -0.2) is 5.78 Å². The monoisotopic (exact) mass is 290 g/mol. The minimum absolute atomic E-state index is 0.0131. The number of carbonyl (C=O) groups excluding carboxylic acids is 1. The fourth-order valence-corrected chi connectivity index (χ4v) is 2.32. The van der Waals surface area contributed by atoms with E-state index >= 15 is 0 Å². The van der Waals surface area contributed by atoms with Crippen molar-refractivity contribution in [3.63, 3.8) is 0 Å². The molecule has 0 fully saturated rings. The molecule has 1 nitrogen and oxygen atoms in total. The molecule has 0 aliphatic carbocycles. The first-order valence-electron chi connectivity index (χ1n) is 6.56. The molecule has 0 aromatic heterocycles. The fourth-order valence-electron chi connectivity index (χ4n) is 2.15. The van der Waals surface area contributed by atoms with Crippen LogP contribution in [0.3, 0.4) is 0 Å². The zero-order valence-corrected chi connectivity index (χ0v) is 12.2. The molecule has 0 unspecified atom stereocenters. The van der Waals surface area contributed by atoms with E-state index in [0.717, 1.165) is 12.0 Å². The Morgan fingerprint density at radius 3 is 2.60 bits per heavy atom. The van der Waals surface area contributed by atoms with E-state index in [1.807, 2.05) is 18.2 Å². The van der Waals surface area contributed by atoms with Gasteiger partial charge in [0.25, 0.3) is 0 Å². The van der Waals surface area contributed by atoms with E-state index in [1.165, 1.54) is 12.1 Å². The molecule has 20 heavy (non-hydrogen) atoms. The van der Waals surface area contributed by atoms with Crippen molar-refractivity contribution in [1.29, 1.82) is 0 Å². The second-order valence-electron chi connectivity index (χ2n) is 5.23. The van der Waals surface area contributed by atoms with Gasteiger partial charge in [-0.1, -0.05) is 49.7 Å². The number of rotatable bonds is 4. The molecule has 0 atom stereocenters. The van der Waals surface area contributed by atoms with Crippen molar-refractivity contribution in [1.82, 2.24) is 0 Å². The molecule has 0 saturated heterocycles. The van der Waals surface area contributed by atoms with Gasteiger partial charge in [-0.3, -0.25) is 4.79 Å². The van der Waals surface area contributed by atoms with Crippen molar-refractivity contribution in [2.45, 2.75) is 20.3 Å². The van der Waals surface area contributed by atoms with Crippen LogP contribution in [0.5, 0.6) is 0 Å². The van der Waals surface area contributed by atoms with Crippen LogP contribution in [0.2, 0.25) is 5.02 Å². The molecule has 2 aromatic carbocycles. The van der Waals surface area contributed by atoms with Crippen molar-refractivity contribution in [3.8, 4) is 0 Å². The minimum atomic E-state index is -0.659. The summed E-state index contributed by atoms with van der Waals surface area (Å²) in [6.45, 7) is 4.23. The summed E-state index contributed by atoms with van der Waals surface area (Å²) in [5, 5.41) is -0.0332. The molecule has 0 aliphatic heterocycles. The Labute approximate surface area is 123 Å². The maximum atomic E-state index is 13.9. The van der Waals surface area contributed by atoms with Gasteiger partial charge in [-0.25, -0.2) is 4.39 Å². The SMILES string of the molecule is CC(C)Cc1cccc(C(=O)c2cccc(Cl)c2F)c1. The van der Waals surface area contributed by atoms with Crippen molar-refractivity contribution in [2.75, 3.05) is 0 Å². The molecule has 104 valence electrons. The highest BCUT2D eigenvalue weighted by Gasteiger charge is 2.16. The summed E-state index contributed by atoms with van der Waals surface area (Å²) in [5.74, 6) is -0.493. The first-order valence-corrected chi connectivity index (χ1v) is 6.94. The van der Waals surface area contributed by atoms with Gasteiger partial charge in [-0.15, -0.1) is 0 Å². The van der Waals surface area contributed by atoms with Crippen LogP contribution >= 0.6 is 11.6 Å². The Morgan fingerprint density at radius 1 is 1.20 bits per heavy atom. The third-order valence-electron chi connectivity index (χ3n) is 3.03. The van der Waals surface area contributed by atoms with E-state index in [-0.39, 0.29) is 16.4 Å². The summed E-state index contributed by atoms with van der Waals surface area (Å²) in [6.07, 6.45) is 0.888. The van der Waals surface area contributed by atoms with Gasteiger partial charge in [0.05, 0.1) is 10.6 Å². The molecular formula is C17H16ClFO. The summed E-state index contributed by atoms with van der Waals surface area (Å²) in [7, 11) is 0. The molecule has 2 aromatic rings. The lowest BCUT2D eigenvalue weighted by Gasteiger charge is -2.08.